The van der Waals surface area contributed by atoms with Crippen LogP contribution in [-0.4, -0.2) is 14.4 Å². The van der Waals surface area contributed by atoms with Gasteiger partial charge < -0.3 is 14.6 Å². The Kier molecular flexibility index (Phi) is 5.61. The minimum atomic E-state index is -4.07. The maximum absolute atomic E-state index is 13.0. The van der Waals surface area contributed by atoms with Crippen LogP contribution >= 0.6 is 0 Å². The highest BCUT2D eigenvalue weighted by molar-refractivity contribution is 7.92. The standard InChI is InChI=1S/C22H21NO5S/c1-14-7-6-8-18(11-14)28-20-10-5-4-9-19(20)23-29(26,27)21-13-17(22(24)25)12-15(2)16(21)3/h4-13,23H,1-3H3,(H,24,25)/p-1. The van der Waals surface area contributed by atoms with E-state index >= 15 is 0 Å². The molecule has 0 heterocycles. The van der Waals surface area contributed by atoms with Gasteiger partial charge in [0, 0.05) is 0 Å². The van der Waals surface area contributed by atoms with Crippen LogP contribution in [-0.2, 0) is 10.0 Å². The van der Waals surface area contributed by atoms with E-state index in [1.807, 2.05) is 25.1 Å². The van der Waals surface area contributed by atoms with E-state index in [2.05, 4.69) is 4.72 Å². The van der Waals surface area contributed by atoms with Crippen LogP contribution in [0.4, 0.5) is 5.69 Å². The second-order valence-corrected chi connectivity index (χ2v) is 8.37. The second kappa shape index (κ2) is 7.97. The van der Waals surface area contributed by atoms with E-state index in [9.17, 15) is 18.3 Å². The number of carbonyl (C=O) groups is 1. The van der Waals surface area contributed by atoms with Crippen molar-refractivity contribution in [3.8, 4) is 11.5 Å². The minimum Gasteiger partial charge on any atom is -0.545 e. The zero-order chi connectivity index (χ0) is 21.2. The van der Waals surface area contributed by atoms with Crippen molar-refractivity contribution in [3.05, 3.63) is 82.9 Å². The molecule has 3 rings (SSSR count). The van der Waals surface area contributed by atoms with Crippen molar-refractivity contribution >= 4 is 21.7 Å². The predicted molar refractivity (Wildman–Crippen MR) is 109 cm³/mol. The fourth-order valence-electron chi connectivity index (χ4n) is 2.87. The Bertz CT molecular complexity index is 1190. The van der Waals surface area contributed by atoms with Gasteiger partial charge in [-0.15, -0.1) is 0 Å². The summed E-state index contributed by atoms with van der Waals surface area (Å²) < 4.78 is 34.4. The van der Waals surface area contributed by atoms with Crippen LogP contribution in [0.1, 0.15) is 27.0 Å². The third-order valence-electron chi connectivity index (χ3n) is 4.49. The average molecular weight is 410 g/mol. The van der Waals surface area contributed by atoms with Gasteiger partial charge in [0.2, 0.25) is 0 Å². The first kappa shape index (κ1) is 20.4. The van der Waals surface area contributed by atoms with Crippen molar-refractivity contribution in [2.45, 2.75) is 25.7 Å². The molecule has 150 valence electrons. The molecule has 7 heteroatoms. The molecule has 0 spiro atoms. The topological polar surface area (TPSA) is 95.5 Å². The van der Waals surface area contributed by atoms with Crippen LogP contribution in [0.5, 0.6) is 11.5 Å². The molecule has 0 saturated carbocycles. The molecule has 0 unspecified atom stereocenters. The highest BCUT2D eigenvalue weighted by atomic mass is 32.2. The molecule has 0 aliphatic carbocycles. The fraction of sp³-hybridized carbons (Fsp3) is 0.136. The molecule has 0 amide bonds. The summed E-state index contributed by atoms with van der Waals surface area (Å²) in [6.07, 6.45) is 0. The Morgan fingerprint density at radius 3 is 2.38 bits per heavy atom. The third-order valence-corrected chi connectivity index (χ3v) is 5.99. The summed E-state index contributed by atoms with van der Waals surface area (Å²) in [4.78, 5) is 11.1. The summed E-state index contributed by atoms with van der Waals surface area (Å²) in [5, 5.41) is 11.2. The van der Waals surface area contributed by atoms with Gasteiger partial charge in [0.15, 0.2) is 5.75 Å². The normalized spacial score (nSPS) is 11.1. The molecule has 29 heavy (non-hydrogen) atoms. The van der Waals surface area contributed by atoms with Crippen LogP contribution in [0.15, 0.2) is 65.6 Å². The molecule has 0 aliphatic rings. The van der Waals surface area contributed by atoms with Crippen LogP contribution < -0.4 is 14.6 Å². The van der Waals surface area contributed by atoms with E-state index in [4.69, 9.17) is 4.74 Å². The molecule has 0 aliphatic heterocycles. The third kappa shape index (κ3) is 4.57. The molecular formula is C22H20NO5S-. The number of aromatic carboxylic acids is 1. The maximum atomic E-state index is 13.0. The maximum Gasteiger partial charge on any atom is 0.262 e. The van der Waals surface area contributed by atoms with E-state index in [0.29, 0.717) is 22.6 Å². The zero-order valence-corrected chi connectivity index (χ0v) is 17.0. The quantitative estimate of drug-likeness (QED) is 0.670. The van der Waals surface area contributed by atoms with Gasteiger partial charge in [0.05, 0.1) is 16.6 Å². The van der Waals surface area contributed by atoms with Crippen molar-refractivity contribution in [3.63, 3.8) is 0 Å². The summed E-state index contributed by atoms with van der Waals surface area (Å²) in [7, 11) is -4.07. The van der Waals surface area contributed by atoms with E-state index in [1.165, 1.54) is 6.07 Å². The lowest BCUT2D eigenvalue weighted by atomic mass is 10.1. The number of ether oxygens (including phenoxy) is 1. The van der Waals surface area contributed by atoms with Crippen LogP contribution in [0.3, 0.4) is 0 Å². The first-order chi connectivity index (χ1) is 13.7. The lowest BCUT2D eigenvalue weighted by Crippen LogP contribution is -2.24. The Labute approximate surface area is 169 Å². The number of nitrogens with one attached hydrogen (secondary N) is 1. The number of aryl methyl sites for hydroxylation is 2. The number of hydrogen-bond donors (Lipinski definition) is 1. The van der Waals surface area contributed by atoms with Gasteiger partial charge in [-0.2, -0.15) is 0 Å². The molecule has 0 bridgehead atoms. The Morgan fingerprint density at radius 2 is 1.69 bits per heavy atom. The SMILES string of the molecule is Cc1cccc(Oc2ccccc2NS(=O)(=O)c2cc(C(=O)[O-])cc(C)c2C)c1. The molecule has 0 radical (unpaired) electrons. The van der Waals surface area contributed by atoms with Gasteiger partial charge in [-0.1, -0.05) is 24.3 Å². The summed E-state index contributed by atoms with van der Waals surface area (Å²) in [6.45, 7) is 5.20. The largest absolute Gasteiger partial charge is 0.545 e. The van der Waals surface area contributed by atoms with Gasteiger partial charge in [-0.05, 0) is 79.4 Å². The smallest absolute Gasteiger partial charge is 0.262 e. The number of rotatable bonds is 6. The number of para-hydroxylation sites is 2. The molecule has 0 saturated heterocycles. The van der Waals surface area contributed by atoms with Crippen molar-refractivity contribution in [2.75, 3.05) is 4.72 Å². The first-order valence-electron chi connectivity index (χ1n) is 8.86. The van der Waals surface area contributed by atoms with E-state index in [-0.39, 0.29) is 16.1 Å². The number of anilines is 1. The fourth-order valence-corrected chi connectivity index (χ4v) is 4.28. The lowest BCUT2D eigenvalue weighted by molar-refractivity contribution is -0.255. The molecule has 0 fully saturated rings. The van der Waals surface area contributed by atoms with Crippen LogP contribution in [0.2, 0.25) is 0 Å². The number of benzene rings is 3. The van der Waals surface area contributed by atoms with Gasteiger partial charge in [-0.3, -0.25) is 4.72 Å². The molecular weight excluding hydrogens is 390 g/mol. The predicted octanol–water partition coefficient (Wildman–Crippen LogP) is 3.57. The van der Waals surface area contributed by atoms with E-state index < -0.39 is 16.0 Å². The van der Waals surface area contributed by atoms with Crippen molar-refractivity contribution < 1.29 is 23.1 Å². The van der Waals surface area contributed by atoms with Gasteiger partial charge >= 0.3 is 0 Å². The van der Waals surface area contributed by atoms with Crippen molar-refractivity contribution in [2.24, 2.45) is 0 Å². The number of carboxylic acids is 1. The first-order valence-corrected chi connectivity index (χ1v) is 10.3. The van der Waals surface area contributed by atoms with Gasteiger partial charge in [0.25, 0.3) is 10.0 Å². The number of hydrogen-bond acceptors (Lipinski definition) is 5. The number of carboxylic acid groups (broad SMARTS) is 1. The Balaban J connectivity index is 1.99. The molecule has 3 aromatic carbocycles. The molecule has 3 aromatic rings. The van der Waals surface area contributed by atoms with E-state index in [1.54, 1.807) is 44.2 Å². The minimum absolute atomic E-state index is 0.123. The number of sulfonamides is 1. The number of carbonyl (C=O) groups excluding carboxylic acids is 1. The second-order valence-electron chi connectivity index (χ2n) is 6.72. The molecule has 0 aromatic heterocycles. The van der Waals surface area contributed by atoms with Crippen LogP contribution in [0, 0.1) is 20.8 Å². The molecule has 1 N–H and O–H groups in total. The highest BCUT2D eigenvalue weighted by Gasteiger charge is 2.21. The summed E-state index contributed by atoms with van der Waals surface area (Å²) in [5.74, 6) is -0.539. The van der Waals surface area contributed by atoms with Gasteiger partial charge in [-0.25, -0.2) is 8.42 Å². The zero-order valence-electron chi connectivity index (χ0n) is 16.2. The highest BCUT2D eigenvalue weighted by Crippen LogP contribution is 2.32. The average Bonchev–Trinajstić information content (AvgIpc) is 2.65. The van der Waals surface area contributed by atoms with Crippen molar-refractivity contribution in [1.82, 2.24) is 0 Å². The molecule has 0 atom stereocenters. The summed E-state index contributed by atoms with van der Waals surface area (Å²) >= 11 is 0. The monoisotopic (exact) mass is 410 g/mol. The van der Waals surface area contributed by atoms with E-state index in [0.717, 1.165) is 11.6 Å². The summed E-state index contributed by atoms with van der Waals surface area (Å²) in [6, 6.07) is 16.5. The molecule has 6 nitrogen and oxygen atoms in total. The van der Waals surface area contributed by atoms with Gasteiger partial charge in [0.1, 0.15) is 5.75 Å². The Hall–Kier alpha value is -3.32. The lowest BCUT2D eigenvalue weighted by Gasteiger charge is -2.17. The summed E-state index contributed by atoms with van der Waals surface area (Å²) in [5.41, 5.74) is 2.05. The van der Waals surface area contributed by atoms with Crippen LogP contribution in [0.25, 0.3) is 0 Å². The van der Waals surface area contributed by atoms with Crippen molar-refractivity contribution in [1.29, 1.82) is 0 Å². The Morgan fingerprint density at radius 1 is 0.966 bits per heavy atom.